The van der Waals surface area contributed by atoms with Crippen molar-refractivity contribution in [3.05, 3.63) is 58.9 Å². The third kappa shape index (κ3) is 3.47. The van der Waals surface area contributed by atoms with Crippen molar-refractivity contribution in [3.8, 4) is 11.3 Å². The molecule has 0 unspecified atom stereocenters. The molecule has 3 aromatic heterocycles. The predicted octanol–water partition coefficient (Wildman–Crippen LogP) is 3.64. The van der Waals surface area contributed by atoms with Gasteiger partial charge in [-0.15, -0.1) is 0 Å². The maximum absolute atomic E-state index is 12.8. The standard InChI is InChI=1S/C24H28N4O3/c1-15-20-19(31-22(15)23(29)26-13-18-7-5-11-30-18)9-8-16-14-28(27-21(16)20)24(2,3)17-6-4-10-25-12-17/h4,6,10,12,14,18H,5,7-9,11,13H2,1-3H3,(H,26,29)/t18-/m0/s1. The first-order valence-electron chi connectivity index (χ1n) is 11.0. The molecule has 5 rings (SSSR count). The Hall–Kier alpha value is -2.93. The topological polar surface area (TPSA) is 82.2 Å². The second-order valence-corrected chi connectivity index (χ2v) is 8.95. The van der Waals surface area contributed by atoms with Gasteiger partial charge in [0.05, 0.1) is 17.3 Å². The molecule has 7 nitrogen and oxygen atoms in total. The number of hydrogen-bond donors (Lipinski definition) is 1. The van der Waals surface area contributed by atoms with E-state index in [1.54, 1.807) is 6.20 Å². The molecule has 1 N–H and O–H groups in total. The Morgan fingerprint density at radius 1 is 1.35 bits per heavy atom. The molecule has 0 radical (unpaired) electrons. The number of hydrogen-bond acceptors (Lipinski definition) is 5. The molecule has 0 bridgehead atoms. The van der Waals surface area contributed by atoms with E-state index in [4.69, 9.17) is 14.3 Å². The summed E-state index contributed by atoms with van der Waals surface area (Å²) in [4.78, 5) is 17.1. The Kier molecular flexibility index (Phi) is 4.93. The molecular weight excluding hydrogens is 392 g/mol. The Morgan fingerprint density at radius 2 is 2.23 bits per heavy atom. The fourth-order valence-corrected chi connectivity index (χ4v) is 4.56. The highest BCUT2D eigenvalue weighted by Gasteiger charge is 2.32. The number of aryl methyl sites for hydroxylation is 2. The number of furan rings is 1. The number of fused-ring (bicyclic) bond motifs is 3. The minimum absolute atomic E-state index is 0.103. The molecule has 0 aromatic carbocycles. The van der Waals surface area contributed by atoms with Gasteiger partial charge in [-0.3, -0.25) is 14.5 Å². The molecule has 0 saturated carbocycles. The van der Waals surface area contributed by atoms with Gasteiger partial charge in [0.15, 0.2) is 5.76 Å². The molecule has 31 heavy (non-hydrogen) atoms. The zero-order valence-electron chi connectivity index (χ0n) is 18.3. The highest BCUT2D eigenvalue weighted by atomic mass is 16.5. The van der Waals surface area contributed by atoms with Crippen LogP contribution in [0.3, 0.4) is 0 Å². The van der Waals surface area contributed by atoms with Crippen molar-refractivity contribution < 1.29 is 13.9 Å². The highest BCUT2D eigenvalue weighted by Crippen LogP contribution is 2.39. The van der Waals surface area contributed by atoms with Crippen LogP contribution in [-0.4, -0.2) is 39.9 Å². The van der Waals surface area contributed by atoms with Crippen LogP contribution < -0.4 is 5.32 Å². The highest BCUT2D eigenvalue weighted by molar-refractivity contribution is 5.95. The lowest BCUT2D eigenvalue weighted by molar-refractivity contribution is 0.0833. The Balaban J connectivity index is 1.44. The number of rotatable bonds is 5. The first kappa shape index (κ1) is 20.0. The second kappa shape index (κ2) is 7.64. The molecule has 4 heterocycles. The zero-order valence-corrected chi connectivity index (χ0v) is 18.3. The van der Waals surface area contributed by atoms with Gasteiger partial charge < -0.3 is 14.5 Å². The fraction of sp³-hybridized carbons (Fsp3) is 0.458. The third-order valence-electron chi connectivity index (χ3n) is 6.53. The summed E-state index contributed by atoms with van der Waals surface area (Å²) in [6.45, 7) is 7.51. The van der Waals surface area contributed by atoms with Crippen molar-refractivity contribution in [1.82, 2.24) is 20.1 Å². The molecule has 1 amide bonds. The van der Waals surface area contributed by atoms with Crippen molar-refractivity contribution in [3.63, 3.8) is 0 Å². The van der Waals surface area contributed by atoms with Crippen LogP contribution in [0.5, 0.6) is 0 Å². The molecule has 1 saturated heterocycles. The molecule has 1 aliphatic carbocycles. The summed E-state index contributed by atoms with van der Waals surface area (Å²) in [5, 5.41) is 7.94. The number of nitrogens with one attached hydrogen (secondary N) is 1. The average molecular weight is 421 g/mol. The van der Waals surface area contributed by atoms with E-state index in [0.717, 1.165) is 60.4 Å². The summed E-state index contributed by atoms with van der Waals surface area (Å²) in [6.07, 6.45) is 9.53. The number of aromatic nitrogens is 3. The minimum atomic E-state index is -0.342. The lowest BCUT2D eigenvalue weighted by atomic mass is 9.93. The maximum Gasteiger partial charge on any atom is 0.287 e. The summed E-state index contributed by atoms with van der Waals surface area (Å²) in [7, 11) is 0. The molecule has 1 atom stereocenters. The van der Waals surface area contributed by atoms with Gasteiger partial charge in [0.25, 0.3) is 5.91 Å². The average Bonchev–Trinajstić information content (AvgIpc) is 3.51. The van der Waals surface area contributed by atoms with E-state index in [0.29, 0.717) is 12.3 Å². The van der Waals surface area contributed by atoms with Gasteiger partial charge in [0.1, 0.15) is 5.76 Å². The first-order chi connectivity index (χ1) is 14.9. The fourth-order valence-electron chi connectivity index (χ4n) is 4.56. The van der Waals surface area contributed by atoms with Gasteiger partial charge in [-0.2, -0.15) is 5.10 Å². The van der Waals surface area contributed by atoms with Gasteiger partial charge in [0, 0.05) is 49.3 Å². The number of carbonyl (C=O) groups excluding carboxylic acids is 1. The minimum Gasteiger partial charge on any atom is -0.455 e. The largest absolute Gasteiger partial charge is 0.455 e. The van der Waals surface area contributed by atoms with Crippen LogP contribution in [-0.2, 0) is 23.1 Å². The molecule has 7 heteroatoms. The molecule has 162 valence electrons. The molecule has 1 aliphatic heterocycles. The van der Waals surface area contributed by atoms with Gasteiger partial charge in [-0.1, -0.05) is 6.07 Å². The lowest BCUT2D eigenvalue weighted by Crippen LogP contribution is -2.31. The molecule has 1 fully saturated rings. The normalized spacial score (nSPS) is 18.0. The number of ether oxygens (including phenoxy) is 1. The van der Waals surface area contributed by atoms with E-state index < -0.39 is 0 Å². The lowest BCUT2D eigenvalue weighted by Gasteiger charge is -2.25. The zero-order chi connectivity index (χ0) is 21.6. The second-order valence-electron chi connectivity index (χ2n) is 8.95. The van der Waals surface area contributed by atoms with Gasteiger partial charge >= 0.3 is 0 Å². The number of pyridine rings is 1. The van der Waals surface area contributed by atoms with Crippen LogP contribution in [0.15, 0.2) is 35.1 Å². The van der Waals surface area contributed by atoms with Gasteiger partial charge in [0.2, 0.25) is 0 Å². The number of nitrogens with zero attached hydrogens (tertiary/aromatic N) is 3. The van der Waals surface area contributed by atoms with Crippen LogP contribution in [0.2, 0.25) is 0 Å². The maximum atomic E-state index is 12.8. The van der Waals surface area contributed by atoms with Crippen molar-refractivity contribution in [2.24, 2.45) is 0 Å². The van der Waals surface area contributed by atoms with E-state index in [9.17, 15) is 4.79 Å². The van der Waals surface area contributed by atoms with Crippen LogP contribution >= 0.6 is 0 Å². The number of amides is 1. The van der Waals surface area contributed by atoms with E-state index in [-0.39, 0.29) is 17.6 Å². The summed E-state index contributed by atoms with van der Waals surface area (Å²) < 4.78 is 13.7. The van der Waals surface area contributed by atoms with Gasteiger partial charge in [-0.25, -0.2) is 0 Å². The smallest absolute Gasteiger partial charge is 0.287 e. The van der Waals surface area contributed by atoms with E-state index >= 15 is 0 Å². The van der Waals surface area contributed by atoms with Crippen LogP contribution in [0.4, 0.5) is 0 Å². The van der Waals surface area contributed by atoms with Crippen molar-refractivity contribution in [2.75, 3.05) is 13.2 Å². The van der Waals surface area contributed by atoms with Crippen molar-refractivity contribution >= 4 is 5.91 Å². The SMILES string of the molecule is Cc1c(C(=O)NC[C@@H]2CCCO2)oc2c1-c1nn(C(C)(C)c3cccnc3)cc1CC2. The van der Waals surface area contributed by atoms with E-state index in [2.05, 4.69) is 36.4 Å². The van der Waals surface area contributed by atoms with Crippen LogP contribution in [0.1, 0.15) is 59.7 Å². The van der Waals surface area contributed by atoms with Crippen molar-refractivity contribution in [2.45, 2.75) is 58.1 Å². The summed E-state index contributed by atoms with van der Waals surface area (Å²) in [6, 6.07) is 4.01. The first-order valence-corrected chi connectivity index (χ1v) is 11.0. The summed E-state index contributed by atoms with van der Waals surface area (Å²) in [5.41, 5.74) is 4.66. The van der Waals surface area contributed by atoms with Crippen LogP contribution in [0.25, 0.3) is 11.3 Å². The van der Waals surface area contributed by atoms with E-state index in [1.807, 2.05) is 23.9 Å². The van der Waals surface area contributed by atoms with E-state index in [1.165, 1.54) is 5.56 Å². The van der Waals surface area contributed by atoms with Crippen LogP contribution in [0, 0.1) is 6.92 Å². The predicted molar refractivity (Wildman–Crippen MR) is 116 cm³/mol. The summed E-state index contributed by atoms with van der Waals surface area (Å²) >= 11 is 0. The Bertz CT molecular complexity index is 1110. The van der Waals surface area contributed by atoms with Crippen molar-refractivity contribution in [1.29, 1.82) is 0 Å². The Labute approximate surface area is 181 Å². The molecule has 0 spiro atoms. The number of carbonyl (C=O) groups is 1. The third-order valence-corrected chi connectivity index (χ3v) is 6.53. The molecule has 3 aromatic rings. The Morgan fingerprint density at radius 3 is 2.97 bits per heavy atom. The summed E-state index contributed by atoms with van der Waals surface area (Å²) in [5.74, 6) is 1.05. The molecular formula is C24H28N4O3. The monoisotopic (exact) mass is 420 g/mol. The molecule has 2 aliphatic rings. The quantitative estimate of drug-likeness (QED) is 0.682. The van der Waals surface area contributed by atoms with Gasteiger partial charge in [-0.05, 0) is 57.2 Å².